The minimum Gasteiger partial charge on any atom is -0.354 e. The van der Waals surface area contributed by atoms with Gasteiger partial charge in [-0.2, -0.15) is 0 Å². The van der Waals surface area contributed by atoms with Crippen molar-refractivity contribution < 1.29 is 14.4 Å². The minimum absolute atomic E-state index is 0.0141. The van der Waals surface area contributed by atoms with Crippen molar-refractivity contribution in [2.45, 2.75) is 38.3 Å². The molecular weight excluding hydrogens is 440 g/mol. The first-order valence-corrected chi connectivity index (χ1v) is 11.9. The highest BCUT2D eigenvalue weighted by Crippen LogP contribution is 2.41. The molecule has 35 heavy (non-hydrogen) atoms. The molecule has 2 N–H and O–H groups in total. The fraction of sp³-hybridized carbons (Fsp3) is 0.250. The van der Waals surface area contributed by atoms with Gasteiger partial charge in [-0.25, -0.2) is 0 Å². The second-order valence-electron chi connectivity index (χ2n) is 9.54. The monoisotopic (exact) mass is 466 g/mol. The Kier molecular flexibility index (Phi) is 4.88. The molecule has 6 rings (SSSR count). The lowest BCUT2D eigenvalue weighted by Gasteiger charge is -2.15. The summed E-state index contributed by atoms with van der Waals surface area (Å²) < 4.78 is 4.20. The summed E-state index contributed by atoms with van der Waals surface area (Å²) in [5, 5.41) is 7.45. The number of hydrogen-bond donors (Lipinski definition) is 2. The van der Waals surface area contributed by atoms with Gasteiger partial charge in [0, 0.05) is 71.4 Å². The molecule has 2 aliphatic rings. The summed E-state index contributed by atoms with van der Waals surface area (Å²) in [5.41, 5.74) is 4.36. The van der Waals surface area contributed by atoms with Crippen molar-refractivity contribution in [1.29, 1.82) is 0 Å². The van der Waals surface area contributed by atoms with E-state index in [1.54, 1.807) is 6.92 Å². The molecule has 2 aromatic carbocycles. The quantitative estimate of drug-likeness (QED) is 0.447. The maximum atomic E-state index is 13.2. The SMILES string of the molecule is CC(=O)NC1CCC(n2cc(C3=C(c4cn(C)c5ccccc45)C(=O)NC3=O)c3ccccc32)C1. The maximum absolute atomic E-state index is 13.2. The zero-order chi connectivity index (χ0) is 24.3. The molecule has 1 aliphatic heterocycles. The number of hydrogen-bond acceptors (Lipinski definition) is 3. The van der Waals surface area contributed by atoms with Crippen LogP contribution in [-0.4, -0.2) is 32.9 Å². The lowest BCUT2D eigenvalue weighted by atomic mass is 9.95. The van der Waals surface area contributed by atoms with E-state index in [1.807, 2.05) is 66.5 Å². The van der Waals surface area contributed by atoms with Crippen molar-refractivity contribution in [2.75, 3.05) is 0 Å². The van der Waals surface area contributed by atoms with Crippen molar-refractivity contribution in [3.63, 3.8) is 0 Å². The third-order valence-electron chi connectivity index (χ3n) is 7.31. The van der Waals surface area contributed by atoms with Crippen LogP contribution in [0.15, 0.2) is 60.9 Å². The molecule has 4 aromatic rings. The highest BCUT2D eigenvalue weighted by molar-refractivity contribution is 6.50. The standard InChI is InChI=1S/C28H26N4O3/c1-16(33)29-17-11-12-18(13-17)32-15-22(20-8-4-6-10-24(20)32)26-25(27(34)30-28(26)35)21-14-31(2)23-9-5-3-7-19(21)23/h3-10,14-15,17-18H,11-13H2,1-2H3,(H,29,33)(H,30,34,35). The molecule has 1 aliphatic carbocycles. The number of carbonyl (C=O) groups is 3. The number of aryl methyl sites for hydroxylation is 1. The summed E-state index contributed by atoms with van der Waals surface area (Å²) in [6.45, 7) is 1.55. The van der Waals surface area contributed by atoms with Crippen molar-refractivity contribution in [1.82, 2.24) is 19.8 Å². The number of nitrogens with zero attached hydrogens (tertiary/aromatic N) is 2. The van der Waals surface area contributed by atoms with E-state index < -0.39 is 0 Å². The van der Waals surface area contributed by atoms with Gasteiger partial charge in [-0.05, 0) is 31.4 Å². The first-order valence-electron chi connectivity index (χ1n) is 11.9. The summed E-state index contributed by atoms with van der Waals surface area (Å²) in [6.07, 6.45) is 6.62. The second kappa shape index (κ2) is 7.98. The molecule has 1 saturated carbocycles. The first-order chi connectivity index (χ1) is 16.9. The summed E-state index contributed by atoms with van der Waals surface area (Å²) in [4.78, 5) is 37.9. The van der Waals surface area contributed by atoms with Crippen LogP contribution in [0.1, 0.15) is 43.4 Å². The lowest BCUT2D eigenvalue weighted by Crippen LogP contribution is -2.30. The van der Waals surface area contributed by atoms with Gasteiger partial charge in [0.05, 0.1) is 11.1 Å². The lowest BCUT2D eigenvalue weighted by molar-refractivity contribution is -0.123. The van der Waals surface area contributed by atoms with Crippen LogP contribution in [0, 0.1) is 0 Å². The van der Waals surface area contributed by atoms with Gasteiger partial charge in [-0.1, -0.05) is 36.4 Å². The molecular formula is C28H26N4O3. The van der Waals surface area contributed by atoms with E-state index in [1.165, 1.54) is 0 Å². The third kappa shape index (κ3) is 3.38. The van der Waals surface area contributed by atoms with Gasteiger partial charge in [0.1, 0.15) is 0 Å². The molecule has 0 spiro atoms. The van der Waals surface area contributed by atoms with E-state index >= 15 is 0 Å². The average molecular weight is 467 g/mol. The van der Waals surface area contributed by atoms with Crippen LogP contribution < -0.4 is 10.6 Å². The number of fused-ring (bicyclic) bond motifs is 2. The Morgan fingerprint density at radius 2 is 1.49 bits per heavy atom. The largest absolute Gasteiger partial charge is 0.354 e. The predicted molar refractivity (Wildman–Crippen MR) is 135 cm³/mol. The number of imide groups is 1. The van der Waals surface area contributed by atoms with Crippen molar-refractivity contribution in [3.8, 4) is 0 Å². The van der Waals surface area contributed by atoms with Gasteiger partial charge in [-0.15, -0.1) is 0 Å². The average Bonchev–Trinajstić information content (AvgIpc) is 3.58. The Hall–Kier alpha value is -4.13. The van der Waals surface area contributed by atoms with Gasteiger partial charge in [0.15, 0.2) is 0 Å². The molecule has 3 amide bonds. The van der Waals surface area contributed by atoms with Gasteiger partial charge >= 0.3 is 0 Å². The fourth-order valence-electron chi connectivity index (χ4n) is 5.84. The van der Waals surface area contributed by atoms with Gasteiger partial charge in [-0.3, -0.25) is 19.7 Å². The molecule has 2 aromatic heterocycles. The second-order valence-corrected chi connectivity index (χ2v) is 9.54. The predicted octanol–water partition coefficient (Wildman–Crippen LogP) is 3.93. The number of carbonyl (C=O) groups excluding carboxylic acids is 3. The molecule has 7 heteroatoms. The number of benzene rings is 2. The van der Waals surface area contributed by atoms with Crippen LogP contribution >= 0.6 is 0 Å². The number of rotatable bonds is 4. The highest BCUT2D eigenvalue weighted by Gasteiger charge is 2.36. The molecule has 3 heterocycles. The summed E-state index contributed by atoms with van der Waals surface area (Å²) >= 11 is 0. The normalized spacial score (nSPS) is 20.3. The minimum atomic E-state index is -0.372. The van der Waals surface area contributed by atoms with E-state index in [2.05, 4.69) is 21.3 Å². The number of aromatic nitrogens is 2. The maximum Gasteiger partial charge on any atom is 0.259 e. The number of amides is 3. The molecule has 0 saturated heterocycles. The Morgan fingerprint density at radius 1 is 0.886 bits per heavy atom. The topological polar surface area (TPSA) is 85.1 Å². The number of nitrogens with one attached hydrogen (secondary N) is 2. The molecule has 7 nitrogen and oxygen atoms in total. The smallest absolute Gasteiger partial charge is 0.259 e. The molecule has 176 valence electrons. The molecule has 2 atom stereocenters. The van der Waals surface area contributed by atoms with E-state index in [0.29, 0.717) is 11.1 Å². The Labute approximate surface area is 202 Å². The summed E-state index contributed by atoms with van der Waals surface area (Å²) in [7, 11) is 1.94. The molecule has 0 bridgehead atoms. The van der Waals surface area contributed by atoms with Crippen molar-refractivity contribution >= 4 is 50.7 Å². The van der Waals surface area contributed by atoms with Gasteiger partial charge < -0.3 is 14.5 Å². The molecule has 1 fully saturated rings. The van der Waals surface area contributed by atoms with Crippen LogP contribution in [-0.2, 0) is 21.4 Å². The van der Waals surface area contributed by atoms with E-state index in [-0.39, 0.29) is 29.8 Å². The summed E-state index contributed by atoms with van der Waals surface area (Å²) in [6, 6.07) is 16.2. The zero-order valence-corrected chi connectivity index (χ0v) is 19.7. The fourth-order valence-corrected chi connectivity index (χ4v) is 5.84. The molecule has 0 radical (unpaired) electrons. The van der Waals surface area contributed by atoms with Crippen molar-refractivity contribution in [3.05, 3.63) is 72.1 Å². The summed E-state index contributed by atoms with van der Waals surface area (Å²) in [5.74, 6) is -0.757. The van der Waals surface area contributed by atoms with Crippen molar-refractivity contribution in [2.24, 2.45) is 7.05 Å². The number of para-hydroxylation sites is 2. The third-order valence-corrected chi connectivity index (χ3v) is 7.31. The molecule has 2 unspecified atom stereocenters. The van der Waals surface area contributed by atoms with Gasteiger partial charge in [0.25, 0.3) is 11.8 Å². The van der Waals surface area contributed by atoms with Crippen LogP contribution in [0.4, 0.5) is 0 Å². The van der Waals surface area contributed by atoms with Crippen LogP contribution in [0.5, 0.6) is 0 Å². The van der Waals surface area contributed by atoms with E-state index in [0.717, 1.165) is 52.2 Å². The first kappa shape index (κ1) is 21.4. The Morgan fingerprint density at radius 3 is 2.17 bits per heavy atom. The van der Waals surface area contributed by atoms with E-state index in [9.17, 15) is 14.4 Å². The van der Waals surface area contributed by atoms with Crippen LogP contribution in [0.2, 0.25) is 0 Å². The van der Waals surface area contributed by atoms with E-state index in [4.69, 9.17) is 0 Å². The van der Waals surface area contributed by atoms with Crippen LogP contribution in [0.25, 0.3) is 33.0 Å². The van der Waals surface area contributed by atoms with Gasteiger partial charge in [0.2, 0.25) is 5.91 Å². The Bertz CT molecular complexity index is 1570. The Balaban J connectivity index is 1.54. The highest BCUT2D eigenvalue weighted by atomic mass is 16.2. The van der Waals surface area contributed by atoms with Crippen LogP contribution in [0.3, 0.4) is 0 Å². The zero-order valence-electron chi connectivity index (χ0n) is 19.7.